The van der Waals surface area contributed by atoms with E-state index in [1.807, 2.05) is 11.3 Å². The summed E-state index contributed by atoms with van der Waals surface area (Å²) in [6, 6.07) is 3.47. The van der Waals surface area contributed by atoms with Crippen LogP contribution in [0.3, 0.4) is 0 Å². The Morgan fingerprint density at radius 1 is 1.53 bits per heavy atom. The number of alkyl halides is 1. The number of hydrogen-bond acceptors (Lipinski definition) is 3. The Kier molecular flexibility index (Phi) is 3.58. The maximum atomic E-state index is 11.8. The van der Waals surface area contributed by atoms with Gasteiger partial charge in [-0.1, -0.05) is 0 Å². The Morgan fingerprint density at radius 3 is 3.12 bits per heavy atom. The molecule has 0 bridgehead atoms. The van der Waals surface area contributed by atoms with Crippen molar-refractivity contribution in [3.63, 3.8) is 0 Å². The molecule has 0 aliphatic carbocycles. The van der Waals surface area contributed by atoms with Crippen molar-refractivity contribution in [1.29, 1.82) is 0 Å². The van der Waals surface area contributed by atoms with Gasteiger partial charge < -0.3 is 5.32 Å². The van der Waals surface area contributed by atoms with Gasteiger partial charge in [-0.2, -0.15) is 0 Å². The number of aromatic nitrogens is 3. The molecule has 0 unspecified atom stereocenters. The van der Waals surface area contributed by atoms with Crippen LogP contribution >= 0.6 is 11.6 Å². The van der Waals surface area contributed by atoms with Crippen molar-refractivity contribution in [1.82, 2.24) is 19.9 Å². The predicted octanol–water partition coefficient (Wildman–Crippen LogP) is 1.40. The third kappa shape index (κ3) is 2.55. The number of amides is 1. The van der Waals surface area contributed by atoms with Crippen LogP contribution < -0.4 is 5.32 Å². The van der Waals surface area contributed by atoms with Crippen LogP contribution in [-0.2, 0) is 0 Å². The van der Waals surface area contributed by atoms with Crippen LogP contribution in [0.2, 0.25) is 0 Å². The molecule has 0 spiro atoms. The van der Waals surface area contributed by atoms with Crippen LogP contribution in [0.1, 0.15) is 22.6 Å². The van der Waals surface area contributed by atoms with Crippen LogP contribution in [0.4, 0.5) is 0 Å². The molecule has 1 N–H and O–H groups in total. The van der Waals surface area contributed by atoms with Gasteiger partial charge in [0.05, 0.1) is 0 Å². The van der Waals surface area contributed by atoms with E-state index in [0.717, 1.165) is 12.2 Å². The van der Waals surface area contributed by atoms with E-state index < -0.39 is 0 Å². The van der Waals surface area contributed by atoms with Crippen LogP contribution in [0.5, 0.6) is 0 Å². The molecule has 0 aliphatic rings. The number of fused-ring (bicyclic) bond motifs is 1. The first-order valence-electron chi connectivity index (χ1n) is 5.38. The molecule has 0 radical (unpaired) electrons. The molecule has 17 heavy (non-hydrogen) atoms. The summed E-state index contributed by atoms with van der Waals surface area (Å²) in [7, 11) is 0. The molecule has 0 atom stereocenters. The molecule has 2 rings (SSSR count). The van der Waals surface area contributed by atoms with Gasteiger partial charge in [0.25, 0.3) is 5.91 Å². The second-order valence-corrected chi connectivity index (χ2v) is 4.07. The Morgan fingerprint density at radius 2 is 2.35 bits per heavy atom. The fourth-order valence-corrected chi connectivity index (χ4v) is 1.66. The number of nitrogens with one attached hydrogen (secondary N) is 1. The lowest BCUT2D eigenvalue weighted by atomic mass is 10.2. The lowest BCUT2D eigenvalue weighted by Gasteiger charge is -2.04. The average molecular weight is 253 g/mol. The molecular weight excluding hydrogens is 240 g/mol. The van der Waals surface area contributed by atoms with E-state index in [2.05, 4.69) is 15.5 Å². The topological polar surface area (TPSA) is 59.3 Å². The number of carbonyl (C=O) groups excluding carboxylic acids is 1. The summed E-state index contributed by atoms with van der Waals surface area (Å²) in [5, 5.41) is 10.7. The molecule has 90 valence electrons. The van der Waals surface area contributed by atoms with Gasteiger partial charge in [0.2, 0.25) is 0 Å². The standard InChI is InChI=1S/C11H13ClN4O/c1-8-14-15-10-7-9(3-6-16(8)10)11(17)13-5-2-4-12/h3,6-7H,2,4-5H2,1H3,(H,13,17). The molecule has 2 heterocycles. The van der Waals surface area contributed by atoms with Crippen LogP contribution in [0, 0.1) is 6.92 Å². The highest BCUT2D eigenvalue weighted by Crippen LogP contribution is 2.06. The minimum absolute atomic E-state index is 0.113. The second-order valence-electron chi connectivity index (χ2n) is 3.69. The van der Waals surface area contributed by atoms with E-state index >= 15 is 0 Å². The zero-order chi connectivity index (χ0) is 12.3. The van der Waals surface area contributed by atoms with Crippen molar-refractivity contribution in [2.75, 3.05) is 12.4 Å². The van der Waals surface area contributed by atoms with E-state index in [4.69, 9.17) is 11.6 Å². The average Bonchev–Trinajstić information content (AvgIpc) is 2.71. The summed E-state index contributed by atoms with van der Waals surface area (Å²) in [6.45, 7) is 2.44. The largest absolute Gasteiger partial charge is 0.352 e. The highest BCUT2D eigenvalue weighted by atomic mass is 35.5. The summed E-state index contributed by atoms with van der Waals surface area (Å²) in [6.07, 6.45) is 2.56. The fourth-order valence-electron chi connectivity index (χ4n) is 1.52. The van der Waals surface area contributed by atoms with Crippen LogP contribution in [-0.4, -0.2) is 32.9 Å². The monoisotopic (exact) mass is 252 g/mol. The van der Waals surface area contributed by atoms with Crippen molar-refractivity contribution in [2.24, 2.45) is 0 Å². The number of hydrogen-bond donors (Lipinski definition) is 1. The molecule has 5 nitrogen and oxygen atoms in total. The first-order valence-corrected chi connectivity index (χ1v) is 5.91. The molecule has 2 aromatic heterocycles. The van der Waals surface area contributed by atoms with E-state index in [1.165, 1.54) is 0 Å². The molecular formula is C11H13ClN4O. The van der Waals surface area contributed by atoms with E-state index in [-0.39, 0.29) is 5.91 Å². The normalized spacial score (nSPS) is 10.7. The van der Waals surface area contributed by atoms with Crippen molar-refractivity contribution < 1.29 is 4.79 Å². The van der Waals surface area contributed by atoms with Crippen LogP contribution in [0.25, 0.3) is 5.65 Å². The molecule has 0 saturated heterocycles. The minimum Gasteiger partial charge on any atom is -0.352 e. The SMILES string of the molecule is Cc1nnc2cc(C(=O)NCCCCl)ccn12. The lowest BCUT2D eigenvalue weighted by molar-refractivity contribution is 0.0954. The van der Waals surface area contributed by atoms with Gasteiger partial charge in [-0.15, -0.1) is 21.8 Å². The van der Waals surface area contributed by atoms with Crippen molar-refractivity contribution in [3.05, 3.63) is 29.7 Å². The number of carbonyl (C=O) groups is 1. The number of nitrogens with zero attached hydrogens (tertiary/aromatic N) is 3. The third-order valence-electron chi connectivity index (χ3n) is 2.44. The zero-order valence-electron chi connectivity index (χ0n) is 9.48. The molecule has 0 saturated carbocycles. The Hall–Kier alpha value is -1.62. The molecule has 0 aromatic carbocycles. The number of halogens is 1. The van der Waals surface area contributed by atoms with Gasteiger partial charge >= 0.3 is 0 Å². The number of pyridine rings is 1. The summed E-state index contributed by atoms with van der Waals surface area (Å²) in [4.78, 5) is 11.8. The highest BCUT2D eigenvalue weighted by molar-refractivity contribution is 6.17. The lowest BCUT2D eigenvalue weighted by Crippen LogP contribution is -2.24. The Balaban J connectivity index is 2.15. The zero-order valence-corrected chi connectivity index (χ0v) is 10.2. The maximum absolute atomic E-state index is 11.8. The highest BCUT2D eigenvalue weighted by Gasteiger charge is 2.07. The molecule has 1 amide bonds. The van der Waals surface area contributed by atoms with Gasteiger partial charge in [0.15, 0.2) is 5.65 Å². The van der Waals surface area contributed by atoms with Gasteiger partial charge in [-0.25, -0.2) is 0 Å². The summed E-state index contributed by atoms with van der Waals surface area (Å²) < 4.78 is 1.83. The molecule has 6 heteroatoms. The van der Waals surface area contributed by atoms with E-state index in [9.17, 15) is 4.79 Å². The smallest absolute Gasteiger partial charge is 0.251 e. The summed E-state index contributed by atoms with van der Waals surface area (Å²) in [5.41, 5.74) is 1.26. The van der Waals surface area contributed by atoms with Crippen molar-refractivity contribution in [3.8, 4) is 0 Å². The Bertz CT molecular complexity index is 537. The minimum atomic E-state index is -0.113. The number of aryl methyl sites for hydroxylation is 1. The predicted molar refractivity (Wildman–Crippen MR) is 65.4 cm³/mol. The first kappa shape index (κ1) is 11.9. The molecule has 2 aromatic rings. The summed E-state index contributed by atoms with van der Waals surface area (Å²) >= 11 is 5.54. The second kappa shape index (κ2) is 5.14. The molecule has 0 aliphatic heterocycles. The van der Waals surface area contributed by atoms with Gasteiger partial charge in [-0.05, 0) is 25.5 Å². The van der Waals surface area contributed by atoms with Gasteiger partial charge in [0, 0.05) is 24.2 Å². The third-order valence-corrected chi connectivity index (χ3v) is 2.71. The Labute approximate surface area is 104 Å². The first-order chi connectivity index (χ1) is 8.22. The van der Waals surface area contributed by atoms with E-state index in [1.54, 1.807) is 18.3 Å². The number of rotatable bonds is 4. The van der Waals surface area contributed by atoms with Gasteiger partial charge in [0.1, 0.15) is 5.82 Å². The maximum Gasteiger partial charge on any atom is 0.251 e. The fraction of sp³-hybridized carbons (Fsp3) is 0.364. The van der Waals surface area contributed by atoms with Gasteiger partial charge in [-0.3, -0.25) is 9.20 Å². The molecule has 0 fully saturated rings. The summed E-state index contributed by atoms with van der Waals surface area (Å²) in [5.74, 6) is 1.23. The van der Waals surface area contributed by atoms with Crippen LogP contribution in [0.15, 0.2) is 18.3 Å². The van der Waals surface area contributed by atoms with Crippen molar-refractivity contribution in [2.45, 2.75) is 13.3 Å². The quantitative estimate of drug-likeness (QED) is 0.661. The van der Waals surface area contributed by atoms with E-state index in [0.29, 0.717) is 23.6 Å². The van der Waals surface area contributed by atoms with Crippen molar-refractivity contribution >= 4 is 23.2 Å².